The molecule has 1 aliphatic heterocycles. The minimum Gasteiger partial charge on any atom is -0.364 e. The number of nitrogens with zero attached hydrogens (tertiary/aromatic N) is 2. The highest BCUT2D eigenvalue weighted by Crippen LogP contribution is 2.06. The highest BCUT2D eigenvalue weighted by atomic mass is 16.2. The van der Waals surface area contributed by atoms with Crippen molar-refractivity contribution in [1.29, 1.82) is 0 Å². The van der Waals surface area contributed by atoms with Gasteiger partial charge in [0.15, 0.2) is 0 Å². The molecule has 0 radical (unpaired) electrons. The summed E-state index contributed by atoms with van der Waals surface area (Å²) in [6, 6.07) is 0. The van der Waals surface area contributed by atoms with Gasteiger partial charge in [-0.15, -0.1) is 0 Å². The van der Waals surface area contributed by atoms with Crippen LogP contribution in [0.25, 0.3) is 0 Å². The van der Waals surface area contributed by atoms with Gasteiger partial charge in [0.25, 0.3) is 0 Å². The fourth-order valence-electron chi connectivity index (χ4n) is 1.53. The van der Waals surface area contributed by atoms with Crippen molar-refractivity contribution in [2.24, 2.45) is 4.99 Å². The molecule has 0 aromatic heterocycles. The summed E-state index contributed by atoms with van der Waals surface area (Å²) in [4.78, 5) is 17.6. The highest BCUT2D eigenvalue weighted by Gasteiger charge is 2.09. The van der Waals surface area contributed by atoms with Crippen molar-refractivity contribution in [3.05, 3.63) is 24.2 Å². The van der Waals surface area contributed by atoms with Crippen molar-refractivity contribution in [1.82, 2.24) is 10.2 Å². The number of nitrogens with one attached hydrogen (secondary N) is 1. The van der Waals surface area contributed by atoms with Gasteiger partial charge < -0.3 is 10.2 Å². The van der Waals surface area contributed by atoms with Crippen LogP contribution in [0.5, 0.6) is 0 Å². The molecule has 1 aliphatic rings. The Balaban J connectivity index is 2.39. The van der Waals surface area contributed by atoms with Crippen LogP contribution in [-0.4, -0.2) is 30.1 Å². The van der Waals surface area contributed by atoms with Gasteiger partial charge in [-0.25, -0.2) is 0 Å². The Morgan fingerprint density at radius 3 is 2.88 bits per heavy atom. The molecule has 16 heavy (non-hydrogen) atoms. The van der Waals surface area contributed by atoms with Crippen LogP contribution in [0.2, 0.25) is 0 Å². The molecule has 0 unspecified atom stereocenters. The summed E-state index contributed by atoms with van der Waals surface area (Å²) < 4.78 is 0. The van der Waals surface area contributed by atoms with E-state index in [0.29, 0.717) is 12.8 Å². The monoisotopic (exact) mass is 221 g/mol. The fraction of sp³-hybridized carbons (Fsp3) is 0.500. The minimum atomic E-state index is 0.199. The van der Waals surface area contributed by atoms with Crippen molar-refractivity contribution < 1.29 is 4.79 Å². The Labute approximate surface area is 96.7 Å². The molecule has 4 heteroatoms. The maximum absolute atomic E-state index is 11.7. The van der Waals surface area contributed by atoms with Crippen LogP contribution in [-0.2, 0) is 4.79 Å². The summed E-state index contributed by atoms with van der Waals surface area (Å²) in [6.45, 7) is 5.55. The number of carbonyl (C=O) groups excluding carboxylic acids is 1. The van der Waals surface area contributed by atoms with E-state index in [0.717, 1.165) is 18.8 Å². The van der Waals surface area contributed by atoms with Crippen LogP contribution in [0.15, 0.2) is 29.2 Å². The van der Waals surface area contributed by atoms with E-state index in [1.54, 1.807) is 12.4 Å². The summed E-state index contributed by atoms with van der Waals surface area (Å²) in [5, 5.41) is 3.10. The largest absolute Gasteiger partial charge is 0.364 e. The minimum absolute atomic E-state index is 0.199. The molecule has 0 saturated heterocycles. The normalized spacial score (nSPS) is 14.0. The van der Waals surface area contributed by atoms with E-state index in [1.165, 1.54) is 0 Å². The standard InChI is InChI=1S/C12H19N3O/c1-3-15(4-2)12(16)7-6-11-10-13-8-5-9-14-11/h5,8-10,14H,3-4,6-7H2,1-2H3. The Hall–Kier alpha value is -1.58. The summed E-state index contributed by atoms with van der Waals surface area (Å²) >= 11 is 0. The molecule has 0 bridgehead atoms. The average Bonchev–Trinajstić information content (AvgIpc) is 2.56. The Morgan fingerprint density at radius 1 is 1.44 bits per heavy atom. The number of carbonyl (C=O) groups is 1. The molecule has 0 aromatic rings. The smallest absolute Gasteiger partial charge is 0.222 e. The quantitative estimate of drug-likeness (QED) is 0.767. The van der Waals surface area contributed by atoms with Gasteiger partial charge >= 0.3 is 0 Å². The average molecular weight is 221 g/mol. The molecular formula is C12H19N3O. The molecule has 1 rings (SSSR count). The van der Waals surface area contributed by atoms with E-state index in [9.17, 15) is 4.79 Å². The van der Waals surface area contributed by atoms with E-state index < -0.39 is 0 Å². The first-order valence-corrected chi connectivity index (χ1v) is 5.69. The van der Waals surface area contributed by atoms with Crippen LogP contribution in [0.4, 0.5) is 0 Å². The zero-order valence-corrected chi connectivity index (χ0v) is 9.94. The van der Waals surface area contributed by atoms with E-state index in [4.69, 9.17) is 0 Å². The number of hydrogen-bond donors (Lipinski definition) is 1. The molecule has 0 fully saturated rings. The predicted octanol–water partition coefficient (Wildman–Crippen LogP) is 1.66. The van der Waals surface area contributed by atoms with Gasteiger partial charge in [-0.3, -0.25) is 9.79 Å². The first kappa shape index (κ1) is 12.5. The Morgan fingerprint density at radius 2 is 2.19 bits per heavy atom. The lowest BCUT2D eigenvalue weighted by molar-refractivity contribution is -0.130. The van der Waals surface area contributed by atoms with Crippen molar-refractivity contribution in [2.75, 3.05) is 13.1 Å². The van der Waals surface area contributed by atoms with Crippen molar-refractivity contribution >= 4 is 12.1 Å². The van der Waals surface area contributed by atoms with Gasteiger partial charge in [-0.2, -0.15) is 0 Å². The van der Waals surface area contributed by atoms with Crippen LogP contribution in [0.3, 0.4) is 0 Å². The summed E-state index contributed by atoms with van der Waals surface area (Å²) in [5.74, 6) is 0.199. The maximum Gasteiger partial charge on any atom is 0.222 e. The van der Waals surface area contributed by atoms with E-state index >= 15 is 0 Å². The first-order chi connectivity index (χ1) is 7.77. The van der Waals surface area contributed by atoms with Gasteiger partial charge in [0.05, 0.1) is 0 Å². The maximum atomic E-state index is 11.7. The summed E-state index contributed by atoms with van der Waals surface area (Å²) in [7, 11) is 0. The van der Waals surface area contributed by atoms with Crippen LogP contribution in [0, 0.1) is 0 Å². The number of allylic oxidation sites excluding steroid dienone is 2. The molecule has 88 valence electrons. The lowest BCUT2D eigenvalue weighted by Crippen LogP contribution is -2.30. The Kier molecular flexibility index (Phi) is 5.32. The van der Waals surface area contributed by atoms with Crippen molar-refractivity contribution in [3.8, 4) is 0 Å². The molecule has 1 N–H and O–H groups in total. The molecule has 4 nitrogen and oxygen atoms in total. The van der Waals surface area contributed by atoms with Gasteiger partial charge in [-0.1, -0.05) is 0 Å². The summed E-state index contributed by atoms with van der Waals surface area (Å²) in [5.41, 5.74) is 0.977. The van der Waals surface area contributed by atoms with Gasteiger partial charge in [-0.05, 0) is 26.3 Å². The third kappa shape index (κ3) is 3.88. The number of aliphatic imine (C=N–C) groups is 1. The molecule has 0 aliphatic carbocycles. The second-order valence-corrected chi connectivity index (χ2v) is 3.52. The lowest BCUT2D eigenvalue weighted by Gasteiger charge is -2.18. The second-order valence-electron chi connectivity index (χ2n) is 3.52. The number of amides is 1. The lowest BCUT2D eigenvalue weighted by atomic mass is 10.2. The fourth-order valence-corrected chi connectivity index (χ4v) is 1.53. The van der Waals surface area contributed by atoms with Crippen molar-refractivity contribution in [3.63, 3.8) is 0 Å². The van der Waals surface area contributed by atoms with E-state index in [-0.39, 0.29) is 5.91 Å². The Bertz CT molecular complexity index is 314. The molecule has 0 spiro atoms. The van der Waals surface area contributed by atoms with Crippen LogP contribution < -0.4 is 5.32 Å². The van der Waals surface area contributed by atoms with Gasteiger partial charge in [0, 0.05) is 43.8 Å². The van der Waals surface area contributed by atoms with Crippen LogP contribution >= 0.6 is 0 Å². The van der Waals surface area contributed by atoms with Gasteiger partial charge in [0.2, 0.25) is 5.91 Å². The van der Waals surface area contributed by atoms with E-state index in [2.05, 4.69) is 10.3 Å². The van der Waals surface area contributed by atoms with Crippen molar-refractivity contribution in [2.45, 2.75) is 26.7 Å². The molecule has 0 saturated carbocycles. The zero-order valence-electron chi connectivity index (χ0n) is 9.94. The highest BCUT2D eigenvalue weighted by molar-refractivity contribution is 5.76. The molecule has 0 atom stereocenters. The van der Waals surface area contributed by atoms with E-state index in [1.807, 2.05) is 31.0 Å². The first-order valence-electron chi connectivity index (χ1n) is 5.69. The third-order valence-corrected chi connectivity index (χ3v) is 2.49. The number of hydrogen-bond acceptors (Lipinski definition) is 3. The topological polar surface area (TPSA) is 44.7 Å². The third-order valence-electron chi connectivity index (χ3n) is 2.49. The predicted molar refractivity (Wildman–Crippen MR) is 66.0 cm³/mol. The molecule has 0 aromatic carbocycles. The zero-order chi connectivity index (χ0) is 11.8. The number of rotatable bonds is 5. The molecular weight excluding hydrogens is 202 g/mol. The molecule has 1 heterocycles. The second kappa shape index (κ2) is 6.82. The molecule has 1 amide bonds. The SMILES string of the molecule is CCN(CC)C(=O)CCC1=CN=CC=CN1. The van der Waals surface area contributed by atoms with Crippen LogP contribution in [0.1, 0.15) is 26.7 Å². The van der Waals surface area contributed by atoms with Gasteiger partial charge in [0.1, 0.15) is 0 Å². The summed E-state index contributed by atoms with van der Waals surface area (Å²) in [6.07, 6.45) is 8.36.